The van der Waals surface area contributed by atoms with Gasteiger partial charge in [-0.15, -0.1) is 0 Å². The maximum absolute atomic E-state index is 11.1. The molecule has 8 N–H and O–H groups in total. The largest absolute Gasteiger partial charge is 0.377 e. The number of nitrogens with two attached hydrogens (primary N) is 3. The summed E-state index contributed by atoms with van der Waals surface area (Å²) in [6.07, 6.45) is 17.7. The molecule has 10 heteroatoms. The van der Waals surface area contributed by atoms with Crippen LogP contribution in [0.4, 0.5) is 17.8 Å². The molecule has 0 aliphatic heterocycles. The van der Waals surface area contributed by atoms with Crippen molar-refractivity contribution in [2.24, 2.45) is 0 Å². The lowest BCUT2D eigenvalue weighted by molar-refractivity contribution is -0.122. The number of anilines is 3. The molecule has 180 valence electrons. The third-order valence-corrected chi connectivity index (χ3v) is 4.47. The van der Waals surface area contributed by atoms with Crippen LogP contribution in [-0.2, 0) is 9.59 Å². The molecule has 0 radical (unpaired) electrons. The van der Waals surface area contributed by atoms with Gasteiger partial charge in [-0.3, -0.25) is 4.79 Å². The summed E-state index contributed by atoms with van der Waals surface area (Å²) in [5.74, 6) is 0.0931. The molecule has 1 aromatic heterocycles. The van der Waals surface area contributed by atoms with Gasteiger partial charge in [0.2, 0.25) is 23.8 Å². The molecule has 0 saturated carbocycles. The number of carbonyl (C=O) groups excluding carboxylic acids is 2. The first kappa shape index (κ1) is 30.7. The monoisotopic (exact) mass is 441 g/mol. The number of hydrogen-bond acceptors (Lipinski definition) is 9. The first-order valence-corrected chi connectivity index (χ1v) is 11.2. The fraction of sp³-hybridized carbons (Fsp3) is 0.762. The zero-order chi connectivity index (χ0) is 23.7. The number of nitrogens with zero attached hydrogens (tertiary/aromatic N) is 3. The molecule has 1 aromatic rings. The Balaban J connectivity index is 0. The molecule has 0 aromatic carbocycles. The molecule has 0 saturated heterocycles. The zero-order valence-electron chi connectivity index (χ0n) is 19.2. The Labute approximate surface area is 186 Å². The van der Waals surface area contributed by atoms with E-state index in [0.717, 1.165) is 12.8 Å². The van der Waals surface area contributed by atoms with E-state index in [1.807, 2.05) is 6.79 Å². The highest BCUT2D eigenvalue weighted by atomic mass is 16.3. The van der Waals surface area contributed by atoms with Crippen molar-refractivity contribution in [1.29, 1.82) is 0 Å². The van der Waals surface area contributed by atoms with Crippen LogP contribution in [0.3, 0.4) is 0 Å². The number of nitrogen functional groups attached to an aromatic ring is 3. The molecule has 1 amide bonds. The highest BCUT2D eigenvalue weighted by molar-refractivity contribution is 5.75. The van der Waals surface area contributed by atoms with Gasteiger partial charge < -0.3 is 32.4 Å². The minimum Gasteiger partial charge on any atom is -0.377 e. The van der Waals surface area contributed by atoms with Gasteiger partial charge in [0, 0.05) is 6.42 Å². The first-order valence-electron chi connectivity index (χ1n) is 11.2. The standard InChI is InChI=1S/C17H35NO2.C3H6N6.CH2O/c1-2-3-4-5-6-7-8-9-10-11-12-13-14-15-17(20)18-16-19;4-1-7-2(5)9-3(6)8-1;1-2/h19H,2-16H2,1H3,(H,18,20);(H6,4,5,6,7,8,9);1H2. The summed E-state index contributed by atoms with van der Waals surface area (Å²) >= 11 is 0. The number of aliphatic hydroxyl groups is 1. The summed E-state index contributed by atoms with van der Waals surface area (Å²) in [6, 6.07) is 0. The Morgan fingerprint density at radius 2 is 1.06 bits per heavy atom. The lowest BCUT2D eigenvalue weighted by Gasteiger charge is -2.03. The average molecular weight is 442 g/mol. The predicted octanol–water partition coefficient (Wildman–Crippen LogP) is 2.97. The van der Waals surface area contributed by atoms with Crippen LogP contribution < -0.4 is 22.5 Å². The van der Waals surface area contributed by atoms with E-state index >= 15 is 0 Å². The van der Waals surface area contributed by atoms with Crippen molar-refractivity contribution < 1.29 is 14.7 Å². The van der Waals surface area contributed by atoms with Gasteiger partial charge in [-0.2, -0.15) is 15.0 Å². The molecule has 0 aliphatic carbocycles. The average Bonchev–Trinajstić information content (AvgIpc) is 2.72. The van der Waals surface area contributed by atoms with Gasteiger partial charge in [0.15, 0.2) is 0 Å². The number of aromatic nitrogens is 3. The fourth-order valence-electron chi connectivity index (χ4n) is 2.91. The van der Waals surface area contributed by atoms with E-state index in [1.165, 1.54) is 70.6 Å². The van der Waals surface area contributed by atoms with E-state index in [2.05, 4.69) is 27.2 Å². The van der Waals surface area contributed by atoms with E-state index in [-0.39, 0.29) is 30.5 Å². The van der Waals surface area contributed by atoms with Gasteiger partial charge in [0.05, 0.1) is 0 Å². The van der Waals surface area contributed by atoms with Crippen LogP contribution >= 0.6 is 0 Å². The number of carbonyl (C=O) groups is 2. The second kappa shape index (κ2) is 23.8. The quantitative estimate of drug-likeness (QED) is 0.202. The molecule has 0 atom stereocenters. The maximum Gasteiger partial charge on any atom is 0.226 e. The Bertz CT molecular complexity index is 497. The van der Waals surface area contributed by atoms with Crippen LogP contribution in [0.2, 0.25) is 0 Å². The van der Waals surface area contributed by atoms with Gasteiger partial charge in [-0.05, 0) is 6.42 Å². The molecular weight excluding hydrogens is 398 g/mol. The number of unbranched alkanes of at least 4 members (excludes halogenated alkanes) is 12. The number of hydrogen-bond donors (Lipinski definition) is 5. The predicted molar refractivity (Wildman–Crippen MR) is 126 cm³/mol. The Kier molecular flexibility index (Phi) is 23.6. The fourth-order valence-corrected chi connectivity index (χ4v) is 2.91. The van der Waals surface area contributed by atoms with Gasteiger partial charge in [-0.25, -0.2) is 0 Å². The van der Waals surface area contributed by atoms with Crippen molar-refractivity contribution in [3.63, 3.8) is 0 Å². The molecule has 0 bridgehead atoms. The smallest absolute Gasteiger partial charge is 0.226 e. The van der Waals surface area contributed by atoms with Crippen LogP contribution in [0, 0.1) is 0 Å². The van der Waals surface area contributed by atoms with Crippen molar-refractivity contribution in [3.05, 3.63) is 0 Å². The SMILES string of the molecule is C=O.CCCCCCCCCCCCCCCC(=O)NCO.Nc1nc(N)nc(N)n1. The molecule has 0 aliphatic rings. The molecule has 0 spiro atoms. The number of aliphatic hydroxyl groups excluding tert-OH is 1. The first-order chi connectivity index (χ1) is 15.0. The van der Waals surface area contributed by atoms with Gasteiger partial charge in [0.1, 0.15) is 13.5 Å². The summed E-state index contributed by atoms with van der Waals surface area (Å²) in [5, 5.41) is 10.9. The third kappa shape index (κ3) is 23.7. The second-order valence-electron chi connectivity index (χ2n) is 7.16. The Morgan fingerprint density at radius 1 is 0.742 bits per heavy atom. The third-order valence-electron chi connectivity index (χ3n) is 4.47. The lowest BCUT2D eigenvalue weighted by Crippen LogP contribution is -2.23. The maximum atomic E-state index is 11.1. The van der Waals surface area contributed by atoms with Gasteiger partial charge >= 0.3 is 0 Å². The van der Waals surface area contributed by atoms with Gasteiger partial charge in [0.25, 0.3) is 0 Å². The molecule has 1 heterocycles. The van der Waals surface area contributed by atoms with E-state index < -0.39 is 0 Å². The van der Waals surface area contributed by atoms with Gasteiger partial charge in [-0.1, -0.05) is 84.0 Å². The summed E-state index contributed by atoms with van der Waals surface area (Å²) in [7, 11) is 0. The topological polar surface area (TPSA) is 183 Å². The summed E-state index contributed by atoms with van der Waals surface area (Å²) < 4.78 is 0. The highest BCUT2D eigenvalue weighted by Gasteiger charge is 1.99. The summed E-state index contributed by atoms with van der Waals surface area (Å²) in [6.45, 7) is 4.02. The Morgan fingerprint density at radius 3 is 1.39 bits per heavy atom. The minimum absolute atomic E-state index is 0.0319. The molecule has 10 nitrogen and oxygen atoms in total. The minimum atomic E-state index is -0.239. The van der Waals surface area contributed by atoms with Crippen LogP contribution in [0.5, 0.6) is 0 Å². The van der Waals surface area contributed by atoms with Crippen molar-refractivity contribution in [3.8, 4) is 0 Å². The van der Waals surface area contributed by atoms with Crippen LogP contribution in [0.1, 0.15) is 96.8 Å². The van der Waals surface area contributed by atoms with E-state index in [4.69, 9.17) is 27.1 Å². The summed E-state index contributed by atoms with van der Waals surface area (Å²) in [5.41, 5.74) is 15.4. The molecular formula is C21H43N7O3. The van der Waals surface area contributed by atoms with E-state index in [1.54, 1.807) is 0 Å². The summed E-state index contributed by atoms with van der Waals surface area (Å²) in [4.78, 5) is 29.5. The number of rotatable bonds is 15. The van der Waals surface area contributed by atoms with Crippen molar-refractivity contribution in [2.45, 2.75) is 96.8 Å². The van der Waals surface area contributed by atoms with Crippen LogP contribution in [-0.4, -0.2) is 39.5 Å². The molecule has 0 fully saturated rings. The second-order valence-corrected chi connectivity index (χ2v) is 7.16. The van der Waals surface area contributed by atoms with Crippen molar-refractivity contribution >= 4 is 30.5 Å². The lowest BCUT2D eigenvalue weighted by atomic mass is 10.0. The van der Waals surface area contributed by atoms with Crippen molar-refractivity contribution in [1.82, 2.24) is 20.3 Å². The molecule has 1 rings (SSSR count). The van der Waals surface area contributed by atoms with E-state index in [0.29, 0.717) is 6.42 Å². The highest BCUT2D eigenvalue weighted by Crippen LogP contribution is 2.12. The Hall–Kier alpha value is -2.49. The zero-order valence-corrected chi connectivity index (χ0v) is 19.2. The van der Waals surface area contributed by atoms with Crippen LogP contribution in [0.15, 0.2) is 0 Å². The molecule has 31 heavy (non-hydrogen) atoms. The normalized spacial score (nSPS) is 9.74. The van der Waals surface area contributed by atoms with Crippen molar-refractivity contribution in [2.75, 3.05) is 23.9 Å². The van der Waals surface area contributed by atoms with E-state index in [9.17, 15) is 4.79 Å². The number of nitrogens with one attached hydrogen (secondary N) is 1. The number of amides is 1. The molecule has 0 unspecified atom stereocenters. The van der Waals surface area contributed by atoms with Crippen LogP contribution in [0.25, 0.3) is 0 Å².